The minimum absolute atomic E-state index is 0.334. The molecule has 0 fully saturated rings. The Morgan fingerprint density at radius 2 is 1.81 bits per heavy atom. The molecule has 8 nitrogen and oxygen atoms in total. The van der Waals surface area contributed by atoms with E-state index in [-0.39, 0.29) is 6.09 Å². The van der Waals surface area contributed by atoms with Gasteiger partial charge in [0.05, 0.1) is 20.8 Å². The fourth-order valence-corrected chi connectivity index (χ4v) is 2.83. The Labute approximate surface area is 152 Å². The predicted octanol–water partition coefficient (Wildman–Crippen LogP) is 2.71. The third-order valence-corrected chi connectivity index (χ3v) is 4.05. The lowest BCUT2D eigenvalue weighted by Crippen LogP contribution is -2.41. The van der Waals surface area contributed by atoms with Crippen LogP contribution in [0.4, 0.5) is 4.79 Å². The molecule has 0 saturated carbocycles. The van der Waals surface area contributed by atoms with Crippen LogP contribution < -0.4 is 9.47 Å². The number of carbonyl (C=O) groups excluding carboxylic acids is 1. The molecule has 1 aromatic heterocycles. The number of amides is 1. The quantitative estimate of drug-likeness (QED) is 0.837. The van der Waals surface area contributed by atoms with Crippen molar-refractivity contribution >= 4 is 6.09 Å². The van der Waals surface area contributed by atoms with Gasteiger partial charge in [-0.15, -0.1) is 10.2 Å². The molecule has 26 heavy (non-hydrogen) atoms. The number of hydrogen-bond acceptors (Lipinski definition) is 6. The van der Waals surface area contributed by atoms with E-state index in [1.165, 1.54) is 0 Å². The van der Waals surface area contributed by atoms with E-state index < -0.39 is 5.60 Å². The second-order valence-electron chi connectivity index (χ2n) is 7.06. The zero-order valence-corrected chi connectivity index (χ0v) is 15.8. The van der Waals surface area contributed by atoms with Gasteiger partial charge in [-0.3, -0.25) is 4.90 Å². The largest absolute Gasteiger partial charge is 0.493 e. The Morgan fingerprint density at radius 1 is 1.08 bits per heavy atom. The summed E-state index contributed by atoms with van der Waals surface area (Å²) in [5.74, 6) is 2.76. The van der Waals surface area contributed by atoms with Crippen LogP contribution in [0.15, 0.2) is 18.2 Å². The molecule has 1 amide bonds. The van der Waals surface area contributed by atoms with Crippen molar-refractivity contribution in [3.8, 4) is 22.9 Å². The Kier molecular flexibility index (Phi) is 4.76. The number of aromatic nitrogens is 3. The van der Waals surface area contributed by atoms with Crippen LogP contribution in [0.1, 0.15) is 26.6 Å². The number of hydrogen-bond donors (Lipinski definition) is 0. The first-order chi connectivity index (χ1) is 12.3. The molecule has 0 radical (unpaired) electrons. The molecule has 1 aliphatic heterocycles. The molecule has 8 heteroatoms. The van der Waals surface area contributed by atoms with Gasteiger partial charge in [-0.05, 0) is 39.0 Å². The van der Waals surface area contributed by atoms with Crippen LogP contribution in [0.5, 0.6) is 11.5 Å². The Bertz CT molecular complexity index is 810. The number of methoxy groups -OCH3 is 2. The molecule has 2 aromatic rings. The summed E-state index contributed by atoms with van der Waals surface area (Å²) >= 11 is 0. The van der Waals surface area contributed by atoms with Gasteiger partial charge >= 0.3 is 6.09 Å². The normalized spacial score (nSPS) is 14.0. The van der Waals surface area contributed by atoms with Crippen LogP contribution in [0.3, 0.4) is 0 Å². The van der Waals surface area contributed by atoms with Gasteiger partial charge in [0, 0.05) is 18.7 Å². The number of benzene rings is 1. The van der Waals surface area contributed by atoms with Crippen molar-refractivity contribution in [2.75, 3.05) is 20.8 Å². The molecule has 1 aromatic carbocycles. The highest BCUT2D eigenvalue weighted by molar-refractivity contribution is 5.68. The van der Waals surface area contributed by atoms with Crippen molar-refractivity contribution in [1.29, 1.82) is 0 Å². The number of ether oxygens (including phenoxy) is 3. The summed E-state index contributed by atoms with van der Waals surface area (Å²) in [6.07, 6.45) is -0.334. The minimum atomic E-state index is -0.521. The van der Waals surface area contributed by atoms with Crippen LogP contribution >= 0.6 is 0 Å². The lowest BCUT2D eigenvalue weighted by molar-refractivity contribution is 0.0196. The van der Waals surface area contributed by atoms with Gasteiger partial charge in [0.1, 0.15) is 5.60 Å². The summed E-state index contributed by atoms with van der Waals surface area (Å²) in [4.78, 5) is 13.9. The van der Waals surface area contributed by atoms with Crippen LogP contribution in [0.2, 0.25) is 0 Å². The van der Waals surface area contributed by atoms with E-state index in [1.807, 2.05) is 43.5 Å². The van der Waals surface area contributed by atoms with Crippen molar-refractivity contribution in [2.45, 2.75) is 39.5 Å². The summed E-state index contributed by atoms with van der Waals surface area (Å²) < 4.78 is 18.1. The second kappa shape index (κ2) is 6.86. The van der Waals surface area contributed by atoms with E-state index in [2.05, 4.69) is 10.2 Å². The average Bonchev–Trinajstić information content (AvgIpc) is 3.02. The molecule has 0 aliphatic carbocycles. The third-order valence-electron chi connectivity index (χ3n) is 4.05. The summed E-state index contributed by atoms with van der Waals surface area (Å²) in [5.41, 5.74) is 0.361. The van der Waals surface area contributed by atoms with Crippen molar-refractivity contribution < 1.29 is 19.0 Å². The molecular weight excluding hydrogens is 336 g/mol. The first kappa shape index (κ1) is 18.0. The molecule has 2 heterocycles. The standard InChI is InChI=1S/C18H24N4O4/c1-18(2,3)26-17(23)21-8-9-22-15(11-21)19-20-16(22)12-6-7-13(24-4)14(10-12)25-5/h6-7,10H,8-9,11H2,1-5H3. The van der Waals surface area contributed by atoms with Crippen LogP contribution in [0.25, 0.3) is 11.4 Å². The molecule has 3 rings (SSSR count). The monoisotopic (exact) mass is 360 g/mol. The fraction of sp³-hybridized carbons (Fsp3) is 0.500. The Morgan fingerprint density at radius 3 is 2.46 bits per heavy atom. The van der Waals surface area contributed by atoms with Crippen molar-refractivity contribution in [2.24, 2.45) is 0 Å². The predicted molar refractivity (Wildman–Crippen MR) is 95.2 cm³/mol. The molecule has 1 aliphatic rings. The highest BCUT2D eigenvalue weighted by Gasteiger charge is 2.28. The molecular formula is C18H24N4O4. The average molecular weight is 360 g/mol. The molecule has 0 atom stereocenters. The first-order valence-corrected chi connectivity index (χ1v) is 8.45. The zero-order valence-electron chi connectivity index (χ0n) is 15.8. The van der Waals surface area contributed by atoms with E-state index in [4.69, 9.17) is 14.2 Å². The van der Waals surface area contributed by atoms with Gasteiger partial charge in [-0.25, -0.2) is 4.79 Å². The summed E-state index contributed by atoms with van der Waals surface area (Å²) in [6.45, 7) is 7.08. The molecule has 0 saturated heterocycles. The van der Waals surface area contributed by atoms with Gasteiger partial charge in [0.15, 0.2) is 23.1 Å². The number of rotatable bonds is 3. The number of fused-ring (bicyclic) bond motifs is 1. The van der Waals surface area contributed by atoms with Gasteiger partial charge < -0.3 is 18.8 Å². The highest BCUT2D eigenvalue weighted by Crippen LogP contribution is 2.32. The van der Waals surface area contributed by atoms with Gasteiger partial charge in [0.2, 0.25) is 0 Å². The third kappa shape index (κ3) is 3.58. The van der Waals surface area contributed by atoms with E-state index >= 15 is 0 Å². The van der Waals surface area contributed by atoms with E-state index in [1.54, 1.807) is 19.1 Å². The van der Waals surface area contributed by atoms with Gasteiger partial charge in [-0.1, -0.05) is 0 Å². The van der Waals surface area contributed by atoms with Crippen molar-refractivity contribution in [3.05, 3.63) is 24.0 Å². The SMILES string of the molecule is COc1ccc(-c2nnc3n2CCN(C(=O)OC(C)(C)C)C3)cc1OC. The van der Waals surface area contributed by atoms with Gasteiger partial charge in [-0.2, -0.15) is 0 Å². The Hall–Kier alpha value is -2.77. The molecule has 0 bridgehead atoms. The summed E-state index contributed by atoms with van der Waals surface area (Å²) in [7, 11) is 3.20. The molecule has 0 spiro atoms. The lowest BCUT2D eigenvalue weighted by Gasteiger charge is -2.30. The van der Waals surface area contributed by atoms with E-state index in [9.17, 15) is 4.79 Å². The molecule has 0 N–H and O–H groups in total. The minimum Gasteiger partial charge on any atom is -0.493 e. The molecule has 140 valence electrons. The maximum Gasteiger partial charge on any atom is 0.410 e. The van der Waals surface area contributed by atoms with E-state index in [0.29, 0.717) is 31.1 Å². The first-order valence-electron chi connectivity index (χ1n) is 8.45. The Balaban J connectivity index is 1.83. The maximum absolute atomic E-state index is 12.3. The van der Waals surface area contributed by atoms with Crippen LogP contribution in [0, 0.1) is 0 Å². The van der Waals surface area contributed by atoms with Crippen LogP contribution in [-0.2, 0) is 17.8 Å². The highest BCUT2D eigenvalue weighted by atomic mass is 16.6. The zero-order chi connectivity index (χ0) is 18.9. The molecule has 0 unspecified atom stereocenters. The number of nitrogens with zero attached hydrogens (tertiary/aromatic N) is 4. The number of carbonyl (C=O) groups is 1. The van der Waals surface area contributed by atoms with Gasteiger partial charge in [0.25, 0.3) is 0 Å². The fourth-order valence-electron chi connectivity index (χ4n) is 2.83. The summed E-state index contributed by atoms with van der Waals surface area (Å²) in [6, 6.07) is 5.63. The van der Waals surface area contributed by atoms with Crippen LogP contribution in [-0.4, -0.2) is 52.1 Å². The van der Waals surface area contributed by atoms with Crippen molar-refractivity contribution in [3.63, 3.8) is 0 Å². The maximum atomic E-state index is 12.3. The smallest absolute Gasteiger partial charge is 0.410 e. The van der Waals surface area contributed by atoms with E-state index in [0.717, 1.165) is 17.2 Å². The summed E-state index contributed by atoms with van der Waals surface area (Å²) in [5, 5.41) is 8.56. The van der Waals surface area contributed by atoms with Crippen molar-refractivity contribution in [1.82, 2.24) is 19.7 Å². The lowest BCUT2D eigenvalue weighted by atomic mass is 10.2. The topological polar surface area (TPSA) is 78.7 Å². The second-order valence-corrected chi connectivity index (χ2v) is 7.06.